The summed E-state index contributed by atoms with van der Waals surface area (Å²) in [6, 6.07) is 16.6. The van der Waals surface area contributed by atoms with E-state index in [0.717, 1.165) is 22.2 Å². The smallest absolute Gasteiger partial charge is 0.264 e. The molecule has 0 N–H and O–H groups in total. The molecule has 0 saturated heterocycles. The number of para-hydroxylation sites is 1. The summed E-state index contributed by atoms with van der Waals surface area (Å²) in [4.78, 5) is 0. The Kier molecular flexibility index (Phi) is 3.19. The average molecular weight is 307 g/mol. The molecule has 2 aromatic heterocycles. The van der Waals surface area contributed by atoms with E-state index in [0.29, 0.717) is 18.3 Å². The molecule has 0 aliphatic carbocycles. The van der Waals surface area contributed by atoms with E-state index >= 15 is 0 Å². The summed E-state index contributed by atoms with van der Waals surface area (Å²) < 4.78 is 20.8. The third kappa shape index (κ3) is 2.50. The fourth-order valence-corrected chi connectivity index (χ4v) is 2.73. The molecule has 0 amide bonds. The predicted molar refractivity (Wildman–Crippen MR) is 85.5 cm³/mol. The van der Waals surface area contributed by atoms with Crippen molar-refractivity contribution < 1.29 is 8.81 Å². The summed E-state index contributed by atoms with van der Waals surface area (Å²) in [6.45, 7) is 2.37. The van der Waals surface area contributed by atoms with Gasteiger partial charge in [0.2, 0.25) is 5.89 Å². The second-order valence-corrected chi connectivity index (χ2v) is 5.43. The van der Waals surface area contributed by atoms with E-state index in [-0.39, 0.29) is 5.82 Å². The van der Waals surface area contributed by atoms with Crippen molar-refractivity contribution in [3.63, 3.8) is 0 Å². The molecule has 0 unspecified atom stereocenters. The second kappa shape index (κ2) is 5.35. The Hall–Kier alpha value is -2.95. The highest BCUT2D eigenvalue weighted by atomic mass is 19.1. The first-order valence-electron chi connectivity index (χ1n) is 7.34. The van der Waals surface area contributed by atoms with Crippen molar-refractivity contribution in [2.45, 2.75) is 13.5 Å². The van der Waals surface area contributed by atoms with Crippen LogP contribution in [0.3, 0.4) is 0 Å². The molecule has 0 fully saturated rings. The molecule has 0 atom stereocenters. The SMILES string of the molecule is Cc1nnc(-c2cc3ccccc3n2Cc2ccc(F)cc2)o1. The van der Waals surface area contributed by atoms with Gasteiger partial charge in [-0.1, -0.05) is 30.3 Å². The molecule has 2 heterocycles. The van der Waals surface area contributed by atoms with Crippen LogP contribution in [-0.4, -0.2) is 14.8 Å². The number of aromatic nitrogens is 3. The zero-order valence-corrected chi connectivity index (χ0v) is 12.5. The van der Waals surface area contributed by atoms with Crippen molar-refractivity contribution in [2.75, 3.05) is 0 Å². The van der Waals surface area contributed by atoms with Gasteiger partial charge in [0, 0.05) is 24.4 Å². The van der Waals surface area contributed by atoms with Crippen LogP contribution in [0.15, 0.2) is 59.0 Å². The Balaban J connectivity index is 1.87. The fraction of sp³-hybridized carbons (Fsp3) is 0.111. The molecule has 23 heavy (non-hydrogen) atoms. The van der Waals surface area contributed by atoms with Crippen LogP contribution < -0.4 is 0 Å². The topological polar surface area (TPSA) is 43.9 Å². The zero-order valence-electron chi connectivity index (χ0n) is 12.5. The van der Waals surface area contributed by atoms with Crippen LogP contribution in [0, 0.1) is 12.7 Å². The van der Waals surface area contributed by atoms with Crippen LogP contribution in [0.2, 0.25) is 0 Å². The molecular formula is C18H14FN3O. The molecule has 5 heteroatoms. The molecular weight excluding hydrogens is 293 g/mol. The summed E-state index contributed by atoms with van der Waals surface area (Å²) in [5.41, 5.74) is 2.93. The molecule has 0 saturated carbocycles. The largest absolute Gasteiger partial charge is 0.420 e. The van der Waals surface area contributed by atoms with Gasteiger partial charge in [0.15, 0.2) is 0 Å². The number of halogens is 1. The maximum atomic E-state index is 13.1. The third-order valence-corrected chi connectivity index (χ3v) is 3.81. The maximum Gasteiger partial charge on any atom is 0.264 e. The number of aryl methyl sites for hydroxylation is 1. The Morgan fingerprint density at radius 3 is 2.57 bits per heavy atom. The number of fused-ring (bicyclic) bond motifs is 1. The van der Waals surface area contributed by atoms with Gasteiger partial charge in [-0.05, 0) is 29.8 Å². The normalized spacial score (nSPS) is 11.2. The molecule has 4 rings (SSSR count). The van der Waals surface area contributed by atoms with Gasteiger partial charge < -0.3 is 8.98 Å². The highest BCUT2D eigenvalue weighted by molar-refractivity contribution is 5.85. The van der Waals surface area contributed by atoms with Crippen molar-refractivity contribution >= 4 is 10.9 Å². The lowest BCUT2D eigenvalue weighted by Crippen LogP contribution is -2.02. The van der Waals surface area contributed by atoms with Crippen LogP contribution in [0.5, 0.6) is 0 Å². The first-order chi connectivity index (χ1) is 11.2. The van der Waals surface area contributed by atoms with Crippen molar-refractivity contribution in [1.29, 1.82) is 0 Å². The van der Waals surface area contributed by atoms with Gasteiger partial charge in [0.1, 0.15) is 11.5 Å². The number of hydrogen-bond acceptors (Lipinski definition) is 3. The summed E-state index contributed by atoms with van der Waals surface area (Å²) in [5.74, 6) is 0.776. The van der Waals surface area contributed by atoms with E-state index in [1.807, 2.05) is 30.3 Å². The summed E-state index contributed by atoms with van der Waals surface area (Å²) in [5, 5.41) is 9.14. The van der Waals surface area contributed by atoms with Gasteiger partial charge in [-0.2, -0.15) is 0 Å². The highest BCUT2D eigenvalue weighted by Gasteiger charge is 2.15. The number of nitrogens with zero attached hydrogens (tertiary/aromatic N) is 3. The van der Waals surface area contributed by atoms with Crippen molar-refractivity contribution in [1.82, 2.24) is 14.8 Å². The summed E-state index contributed by atoms with van der Waals surface area (Å²) >= 11 is 0. The molecule has 0 spiro atoms. The predicted octanol–water partition coefficient (Wildman–Crippen LogP) is 4.19. The van der Waals surface area contributed by atoms with Crippen LogP contribution >= 0.6 is 0 Å². The average Bonchev–Trinajstić information content (AvgIpc) is 3.14. The second-order valence-electron chi connectivity index (χ2n) is 5.43. The quantitative estimate of drug-likeness (QED) is 0.570. The molecule has 4 nitrogen and oxygen atoms in total. The Labute approximate surface area is 132 Å². The standard InChI is InChI=1S/C18H14FN3O/c1-12-20-21-18(23-12)17-10-14-4-2-3-5-16(14)22(17)11-13-6-8-15(19)9-7-13/h2-10H,11H2,1H3. The van der Waals surface area contributed by atoms with Crippen molar-refractivity contribution in [3.8, 4) is 11.6 Å². The fourth-order valence-electron chi connectivity index (χ4n) is 2.73. The molecule has 114 valence electrons. The minimum atomic E-state index is -0.237. The monoisotopic (exact) mass is 307 g/mol. The van der Waals surface area contributed by atoms with Crippen LogP contribution in [0.1, 0.15) is 11.5 Å². The third-order valence-electron chi connectivity index (χ3n) is 3.81. The van der Waals surface area contributed by atoms with Crippen LogP contribution in [0.25, 0.3) is 22.5 Å². The first-order valence-corrected chi connectivity index (χ1v) is 7.34. The molecule has 0 aliphatic heterocycles. The maximum absolute atomic E-state index is 13.1. The summed E-state index contributed by atoms with van der Waals surface area (Å²) in [7, 11) is 0. The molecule has 0 aliphatic rings. The van der Waals surface area contributed by atoms with Gasteiger partial charge in [0.05, 0.1) is 0 Å². The molecule has 0 bridgehead atoms. The molecule has 0 radical (unpaired) electrons. The van der Waals surface area contributed by atoms with E-state index in [2.05, 4.69) is 14.8 Å². The lowest BCUT2D eigenvalue weighted by atomic mass is 10.2. The Morgan fingerprint density at radius 1 is 1.04 bits per heavy atom. The van der Waals surface area contributed by atoms with E-state index in [1.165, 1.54) is 12.1 Å². The van der Waals surface area contributed by atoms with E-state index in [4.69, 9.17) is 4.42 Å². The van der Waals surface area contributed by atoms with E-state index in [9.17, 15) is 4.39 Å². The van der Waals surface area contributed by atoms with Crippen molar-refractivity contribution in [2.24, 2.45) is 0 Å². The first kappa shape index (κ1) is 13.7. The Morgan fingerprint density at radius 2 is 1.83 bits per heavy atom. The van der Waals surface area contributed by atoms with Gasteiger partial charge in [-0.25, -0.2) is 4.39 Å². The molecule has 4 aromatic rings. The van der Waals surface area contributed by atoms with Gasteiger partial charge >= 0.3 is 0 Å². The number of rotatable bonds is 3. The van der Waals surface area contributed by atoms with E-state index in [1.54, 1.807) is 19.1 Å². The van der Waals surface area contributed by atoms with Crippen LogP contribution in [0.4, 0.5) is 4.39 Å². The number of benzene rings is 2. The number of hydrogen-bond donors (Lipinski definition) is 0. The van der Waals surface area contributed by atoms with Gasteiger partial charge in [-0.3, -0.25) is 0 Å². The zero-order chi connectivity index (χ0) is 15.8. The lowest BCUT2D eigenvalue weighted by Gasteiger charge is -2.09. The summed E-state index contributed by atoms with van der Waals surface area (Å²) in [6.07, 6.45) is 0. The van der Waals surface area contributed by atoms with Crippen LogP contribution in [-0.2, 0) is 6.54 Å². The Bertz CT molecular complexity index is 970. The van der Waals surface area contributed by atoms with E-state index < -0.39 is 0 Å². The van der Waals surface area contributed by atoms with Gasteiger partial charge in [0.25, 0.3) is 5.89 Å². The minimum Gasteiger partial charge on any atom is -0.420 e. The molecule has 2 aromatic carbocycles. The highest BCUT2D eigenvalue weighted by Crippen LogP contribution is 2.28. The minimum absolute atomic E-state index is 0.237. The van der Waals surface area contributed by atoms with Gasteiger partial charge in [-0.15, -0.1) is 10.2 Å². The van der Waals surface area contributed by atoms with Crippen molar-refractivity contribution in [3.05, 3.63) is 71.9 Å². The lowest BCUT2D eigenvalue weighted by molar-refractivity contribution is 0.528.